The third-order valence-electron chi connectivity index (χ3n) is 4.77. The molecule has 150 valence electrons. The van der Waals surface area contributed by atoms with Crippen molar-refractivity contribution in [3.8, 4) is 0 Å². The Hall–Kier alpha value is -2.02. The second kappa shape index (κ2) is 10.5. The van der Waals surface area contributed by atoms with Gasteiger partial charge >= 0.3 is 0 Å². The van der Waals surface area contributed by atoms with Crippen LogP contribution in [0.3, 0.4) is 0 Å². The van der Waals surface area contributed by atoms with Crippen LogP contribution in [0, 0.1) is 0 Å². The highest BCUT2D eigenvalue weighted by atomic mass is 16.5. The zero-order valence-corrected chi connectivity index (χ0v) is 16.1. The second-order valence-corrected chi connectivity index (χ2v) is 6.84. The highest BCUT2D eigenvalue weighted by Gasteiger charge is 2.39. The standard InChI is InChI=1S/C23H28O5/c1-2-27-20-13-19(16-26-14-17-9-5-3-6-10-17)21(24)22(25)23(20)28-15-18-11-7-4-8-12-18/h3-13,20-25H,2,14-16H2,1H3/t20-,21-,22+,23+/m1/s1. The van der Waals surface area contributed by atoms with Crippen molar-refractivity contribution in [3.05, 3.63) is 83.4 Å². The molecule has 2 N–H and O–H groups in total. The predicted octanol–water partition coefficient (Wildman–Crippen LogP) is 2.86. The second-order valence-electron chi connectivity index (χ2n) is 6.84. The first-order chi connectivity index (χ1) is 13.7. The zero-order valence-electron chi connectivity index (χ0n) is 16.1. The third-order valence-corrected chi connectivity index (χ3v) is 4.77. The molecule has 0 radical (unpaired) electrons. The summed E-state index contributed by atoms with van der Waals surface area (Å²) in [4.78, 5) is 0. The van der Waals surface area contributed by atoms with Crippen molar-refractivity contribution in [2.75, 3.05) is 13.2 Å². The minimum Gasteiger partial charge on any atom is -0.387 e. The lowest BCUT2D eigenvalue weighted by Crippen LogP contribution is -2.51. The number of hydrogen-bond donors (Lipinski definition) is 2. The van der Waals surface area contributed by atoms with Gasteiger partial charge in [0.2, 0.25) is 0 Å². The fourth-order valence-electron chi connectivity index (χ4n) is 3.29. The summed E-state index contributed by atoms with van der Waals surface area (Å²) in [5.74, 6) is 0. The van der Waals surface area contributed by atoms with E-state index in [1.807, 2.05) is 73.7 Å². The molecule has 1 aliphatic carbocycles. The van der Waals surface area contributed by atoms with Crippen LogP contribution >= 0.6 is 0 Å². The van der Waals surface area contributed by atoms with E-state index in [2.05, 4.69) is 0 Å². The Morgan fingerprint density at radius 1 is 0.786 bits per heavy atom. The smallest absolute Gasteiger partial charge is 0.116 e. The highest BCUT2D eigenvalue weighted by Crippen LogP contribution is 2.26. The SMILES string of the molecule is CCO[C@@H]1C=C(COCc2ccccc2)[C@@H](O)[C@H](O)[C@H]1OCc1ccccc1. The van der Waals surface area contributed by atoms with Gasteiger partial charge in [-0.2, -0.15) is 0 Å². The average molecular weight is 384 g/mol. The fraction of sp³-hybridized carbons (Fsp3) is 0.391. The molecule has 5 heteroatoms. The topological polar surface area (TPSA) is 68.2 Å². The molecule has 1 aliphatic rings. The van der Waals surface area contributed by atoms with Crippen LogP contribution in [0.25, 0.3) is 0 Å². The largest absolute Gasteiger partial charge is 0.387 e. The average Bonchev–Trinajstić information content (AvgIpc) is 2.73. The molecule has 0 heterocycles. The van der Waals surface area contributed by atoms with Gasteiger partial charge in [-0.3, -0.25) is 0 Å². The number of ether oxygens (including phenoxy) is 3. The van der Waals surface area contributed by atoms with Gasteiger partial charge in [0, 0.05) is 6.61 Å². The first-order valence-corrected chi connectivity index (χ1v) is 9.64. The predicted molar refractivity (Wildman–Crippen MR) is 107 cm³/mol. The summed E-state index contributed by atoms with van der Waals surface area (Å²) in [7, 11) is 0. The van der Waals surface area contributed by atoms with Gasteiger partial charge in [0.25, 0.3) is 0 Å². The quantitative estimate of drug-likeness (QED) is 0.651. The van der Waals surface area contributed by atoms with Crippen molar-refractivity contribution in [1.82, 2.24) is 0 Å². The number of aliphatic hydroxyl groups excluding tert-OH is 2. The molecule has 0 aliphatic heterocycles. The molecule has 0 aromatic heterocycles. The normalized spacial score (nSPS) is 24.8. The van der Waals surface area contributed by atoms with E-state index in [9.17, 15) is 10.2 Å². The van der Waals surface area contributed by atoms with Crippen LogP contribution in [0.2, 0.25) is 0 Å². The Bertz CT molecular complexity index is 731. The van der Waals surface area contributed by atoms with E-state index in [1.165, 1.54) is 0 Å². The first kappa shape index (κ1) is 20.7. The zero-order chi connectivity index (χ0) is 19.8. The van der Waals surface area contributed by atoms with E-state index < -0.39 is 24.4 Å². The lowest BCUT2D eigenvalue weighted by Gasteiger charge is -2.37. The van der Waals surface area contributed by atoms with E-state index in [0.29, 0.717) is 25.4 Å². The van der Waals surface area contributed by atoms with Crippen molar-refractivity contribution >= 4 is 0 Å². The fourth-order valence-corrected chi connectivity index (χ4v) is 3.29. The monoisotopic (exact) mass is 384 g/mol. The van der Waals surface area contributed by atoms with E-state index in [1.54, 1.807) is 0 Å². The Kier molecular flexibility index (Phi) is 7.77. The minimum absolute atomic E-state index is 0.224. The summed E-state index contributed by atoms with van der Waals surface area (Å²) >= 11 is 0. The van der Waals surface area contributed by atoms with Gasteiger partial charge in [-0.1, -0.05) is 60.7 Å². The van der Waals surface area contributed by atoms with Gasteiger partial charge in [0.05, 0.1) is 19.8 Å². The summed E-state index contributed by atoms with van der Waals surface area (Å²) in [6.45, 7) is 3.38. The number of aliphatic hydroxyl groups is 2. The maximum absolute atomic E-state index is 10.6. The highest BCUT2D eigenvalue weighted by molar-refractivity contribution is 5.22. The summed E-state index contributed by atoms with van der Waals surface area (Å²) in [5.41, 5.74) is 2.67. The maximum atomic E-state index is 10.6. The van der Waals surface area contributed by atoms with E-state index in [4.69, 9.17) is 14.2 Å². The number of benzene rings is 2. The Morgan fingerprint density at radius 3 is 2.00 bits per heavy atom. The van der Waals surface area contributed by atoms with Crippen LogP contribution in [-0.4, -0.2) is 47.8 Å². The van der Waals surface area contributed by atoms with Crippen molar-refractivity contribution in [2.45, 2.75) is 44.6 Å². The molecule has 4 atom stereocenters. The van der Waals surface area contributed by atoms with Gasteiger partial charge in [-0.05, 0) is 29.7 Å². The van der Waals surface area contributed by atoms with Crippen molar-refractivity contribution in [3.63, 3.8) is 0 Å². The van der Waals surface area contributed by atoms with Gasteiger partial charge in [0.15, 0.2) is 0 Å². The molecule has 28 heavy (non-hydrogen) atoms. The van der Waals surface area contributed by atoms with Crippen LogP contribution in [0.1, 0.15) is 18.1 Å². The molecular weight excluding hydrogens is 356 g/mol. The molecule has 0 amide bonds. The van der Waals surface area contributed by atoms with E-state index in [-0.39, 0.29) is 6.61 Å². The third kappa shape index (κ3) is 5.50. The number of rotatable bonds is 9. The molecule has 3 rings (SSSR count). The molecule has 0 saturated heterocycles. The van der Waals surface area contributed by atoms with Crippen LogP contribution < -0.4 is 0 Å². The molecule has 0 saturated carbocycles. The van der Waals surface area contributed by atoms with Crippen LogP contribution in [-0.2, 0) is 27.4 Å². The molecule has 0 unspecified atom stereocenters. The lowest BCUT2D eigenvalue weighted by molar-refractivity contribution is -0.144. The van der Waals surface area contributed by atoms with Crippen molar-refractivity contribution < 1.29 is 24.4 Å². The Balaban J connectivity index is 1.63. The molecule has 0 bridgehead atoms. The molecule has 0 fully saturated rings. The van der Waals surface area contributed by atoms with Crippen LogP contribution in [0.15, 0.2) is 72.3 Å². The maximum Gasteiger partial charge on any atom is 0.116 e. The van der Waals surface area contributed by atoms with E-state index in [0.717, 1.165) is 11.1 Å². The van der Waals surface area contributed by atoms with Crippen LogP contribution in [0.4, 0.5) is 0 Å². The van der Waals surface area contributed by atoms with Gasteiger partial charge in [0.1, 0.15) is 24.4 Å². The van der Waals surface area contributed by atoms with Gasteiger partial charge in [-0.25, -0.2) is 0 Å². The summed E-state index contributed by atoms with van der Waals surface area (Å²) in [6.07, 6.45) is -1.40. The molecule has 5 nitrogen and oxygen atoms in total. The van der Waals surface area contributed by atoms with Gasteiger partial charge < -0.3 is 24.4 Å². The lowest BCUT2D eigenvalue weighted by atomic mass is 9.89. The summed E-state index contributed by atoms with van der Waals surface area (Å²) < 4.78 is 17.4. The first-order valence-electron chi connectivity index (χ1n) is 9.64. The Labute approximate surface area is 166 Å². The van der Waals surface area contributed by atoms with Crippen molar-refractivity contribution in [1.29, 1.82) is 0 Å². The molecule has 0 spiro atoms. The molecule has 2 aromatic carbocycles. The minimum atomic E-state index is -1.08. The molecular formula is C23H28O5. The van der Waals surface area contributed by atoms with E-state index >= 15 is 0 Å². The molecule has 2 aromatic rings. The van der Waals surface area contributed by atoms with Gasteiger partial charge in [-0.15, -0.1) is 0 Å². The summed E-state index contributed by atoms with van der Waals surface area (Å²) in [6, 6.07) is 19.6. The summed E-state index contributed by atoms with van der Waals surface area (Å²) in [5, 5.41) is 21.2. The Morgan fingerprint density at radius 2 is 1.39 bits per heavy atom. The van der Waals surface area contributed by atoms with Crippen molar-refractivity contribution in [2.24, 2.45) is 0 Å². The number of hydrogen-bond acceptors (Lipinski definition) is 5. The van der Waals surface area contributed by atoms with Crippen LogP contribution in [0.5, 0.6) is 0 Å².